The van der Waals surface area contributed by atoms with E-state index < -0.39 is 0 Å². The Kier molecular flexibility index (Phi) is 3.22. The van der Waals surface area contributed by atoms with Crippen molar-refractivity contribution >= 4 is 55.9 Å². The summed E-state index contributed by atoms with van der Waals surface area (Å²) in [6.07, 6.45) is 0. The molecule has 78 valence electrons. The highest BCUT2D eigenvalue weighted by Crippen LogP contribution is 2.35. The normalized spacial score (nSPS) is 10.6. The quantitative estimate of drug-likeness (QED) is 0.739. The van der Waals surface area contributed by atoms with E-state index in [-0.39, 0.29) is 0 Å². The molecule has 0 atom stereocenters. The van der Waals surface area contributed by atoms with Crippen molar-refractivity contribution in [3.63, 3.8) is 0 Å². The molecule has 0 bridgehead atoms. The van der Waals surface area contributed by atoms with Gasteiger partial charge in [0.25, 0.3) is 0 Å². The van der Waals surface area contributed by atoms with Gasteiger partial charge in [0.05, 0.1) is 0 Å². The van der Waals surface area contributed by atoms with E-state index in [9.17, 15) is 0 Å². The molecule has 2 aromatic rings. The van der Waals surface area contributed by atoms with Crippen LogP contribution in [0.5, 0.6) is 0 Å². The van der Waals surface area contributed by atoms with Gasteiger partial charge in [0.2, 0.25) is 0 Å². The first-order valence-electron chi connectivity index (χ1n) is 3.95. The first-order valence-corrected chi connectivity index (χ1v) is 6.20. The fourth-order valence-corrected chi connectivity index (χ4v) is 2.22. The first-order chi connectivity index (χ1) is 7.09. The molecule has 15 heavy (non-hydrogen) atoms. The Morgan fingerprint density at radius 2 is 2.20 bits per heavy atom. The van der Waals surface area contributed by atoms with Crippen LogP contribution in [0.2, 0.25) is 5.02 Å². The van der Waals surface area contributed by atoms with Gasteiger partial charge < -0.3 is 10.3 Å². The van der Waals surface area contributed by atoms with E-state index in [0.29, 0.717) is 16.6 Å². The third-order valence-corrected chi connectivity index (χ3v) is 3.80. The lowest BCUT2D eigenvalue weighted by molar-refractivity contribution is 0.435. The average Bonchev–Trinajstić information content (AvgIpc) is 2.52. The molecule has 0 aliphatic carbocycles. The van der Waals surface area contributed by atoms with Gasteiger partial charge >= 0.3 is 0 Å². The molecule has 1 aromatic heterocycles. The van der Waals surface area contributed by atoms with E-state index >= 15 is 0 Å². The van der Waals surface area contributed by atoms with Crippen molar-refractivity contribution in [1.29, 1.82) is 0 Å². The second-order valence-electron chi connectivity index (χ2n) is 2.84. The van der Waals surface area contributed by atoms with Crippen LogP contribution in [-0.2, 0) is 0 Å². The molecule has 0 saturated carbocycles. The molecule has 0 saturated heterocycles. The predicted molar refractivity (Wildman–Crippen MR) is 71.8 cm³/mol. The number of anilines is 1. The Hall–Kier alpha value is -0.270. The van der Waals surface area contributed by atoms with Crippen LogP contribution in [-0.4, -0.2) is 5.16 Å². The van der Waals surface area contributed by atoms with Gasteiger partial charge in [0.1, 0.15) is 3.57 Å². The van der Waals surface area contributed by atoms with Gasteiger partial charge in [0.15, 0.2) is 11.6 Å². The standard InChI is InChI=1S/C9H5BrClIN2O/c10-6-2-1-4(11)3-5(6)8-7(12)9(13)14-15-8/h1-3H,(H2,13,14). The van der Waals surface area contributed by atoms with Gasteiger partial charge in [-0.2, -0.15) is 0 Å². The lowest BCUT2D eigenvalue weighted by Crippen LogP contribution is -1.86. The second kappa shape index (κ2) is 4.31. The summed E-state index contributed by atoms with van der Waals surface area (Å²) in [6, 6.07) is 5.45. The largest absolute Gasteiger partial charge is 0.380 e. The number of nitrogens with zero attached hydrogens (tertiary/aromatic N) is 1. The Morgan fingerprint density at radius 1 is 1.47 bits per heavy atom. The summed E-state index contributed by atoms with van der Waals surface area (Å²) in [5.74, 6) is 1.01. The van der Waals surface area contributed by atoms with Crippen LogP contribution < -0.4 is 5.73 Å². The van der Waals surface area contributed by atoms with E-state index in [1.807, 2.05) is 6.07 Å². The highest BCUT2D eigenvalue weighted by Gasteiger charge is 2.15. The molecule has 3 nitrogen and oxygen atoms in total. The van der Waals surface area contributed by atoms with Gasteiger partial charge in [-0.1, -0.05) is 32.7 Å². The van der Waals surface area contributed by atoms with Crippen LogP contribution in [0.15, 0.2) is 27.2 Å². The minimum atomic E-state index is 0.387. The highest BCUT2D eigenvalue weighted by molar-refractivity contribution is 14.1. The molecule has 1 aromatic carbocycles. The number of nitrogens with two attached hydrogens (primary N) is 1. The molecular weight excluding hydrogens is 394 g/mol. The second-order valence-corrected chi connectivity index (χ2v) is 5.20. The molecule has 0 unspecified atom stereocenters. The van der Waals surface area contributed by atoms with Crippen LogP contribution in [0.25, 0.3) is 11.3 Å². The Labute approximate surface area is 113 Å². The number of halogens is 3. The highest BCUT2D eigenvalue weighted by atomic mass is 127. The number of benzene rings is 1. The minimum Gasteiger partial charge on any atom is -0.380 e. The number of hydrogen-bond acceptors (Lipinski definition) is 3. The third-order valence-electron chi connectivity index (χ3n) is 1.83. The zero-order chi connectivity index (χ0) is 11.0. The molecule has 0 radical (unpaired) electrons. The van der Waals surface area contributed by atoms with Crippen LogP contribution in [0.3, 0.4) is 0 Å². The first kappa shape index (κ1) is 11.2. The van der Waals surface area contributed by atoms with Gasteiger partial charge in [-0.3, -0.25) is 0 Å². The summed E-state index contributed by atoms with van der Waals surface area (Å²) in [5, 5.41) is 4.33. The summed E-state index contributed by atoms with van der Waals surface area (Å²) in [5.41, 5.74) is 6.45. The van der Waals surface area contributed by atoms with Crippen molar-refractivity contribution in [2.24, 2.45) is 0 Å². The molecule has 0 amide bonds. The molecule has 0 fully saturated rings. The summed E-state index contributed by atoms with van der Waals surface area (Å²) in [6.45, 7) is 0. The SMILES string of the molecule is Nc1noc(-c2cc(Cl)ccc2Br)c1I. The van der Waals surface area contributed by atoms with E-state index in [4.69, 9.17) is 21.9 Å². The maximum absolute atomic E-state index is 5.91. The Bertz CT molecular complexity index is 515. The van der Waals surface area contributed by atoms with Crippen molar-refractivity contribution in [1.82, 2.24) is 5.16 Å². The molecule has 1 heterocycles. The van der Waals surface area contributed by atoms with E-state index in [1.165, 1.54) is 0 Å². The smallest absolute Gasteiger partial charge is 0.183 e. The van der Waals surface area contributed by atoms with Crippen molar-refractivity contribution in [2.75, 3.05) is 5.73 Å². The summed E-state index contributed by atoms with van der Waals surface area (Å²) >= 11 is 11.4. The lowest BCUT2D eigenvalue weighted by atomic mass is 10.2. The molecule has 2 rings (SSSR count). The van der Waals surface area contributed by atoms with Crippen molar-refractivity contribution in [3.05, 3.63) is 31.3 Å². The summed E-state index contributed by atoms with van der Waals surface area (Å²) in [4.78, 5) is 0. The monoisotopic (exact) mass is 398 g/mol. The topological polar surface area (TPSA) is 52.0 Å². The van der Waals surface area contributed by atoms with Gasteiger partial charge in [-0.15, -0.1) is 0 Å². The van der Waals surface area contributed by atoms with Crippen molar-refractivity contribution < 1.29 is 4.52 Å². The number of hydrogen-bond donors (Lipinski definition) is 1. The molecule has 0 spiro atoms. The van der Waals surface area contributed by atoms with Gasteiger partial charge in [-0.25, -0.2) is 0 Å². The molecular formula is C9H5BrClIN2O. The summed E-state index contributed by atoms with van der Waals surface area (Å²) < 4.78 is 6.82. The fraction of sp³-hybridized carbons (Fsp3) is 0. The predicted octanol–water partition coefficient (Wildman–Crippen LogP) is 3.94. The molecule has 6 heteroatoms. The molecule has 0 aliphatic rings. The summed E-state index contributed by atoms with van der Waals surface area (Å²) in [7, 11) is 0. The minimum absolute atomic E-state index is 0.387. The van der Waals surface area contributed by atoms with Crippen LogP contribution in [0, 0.1) is 3.57 Å². The van der Waals surface area contributed by atoms with Gasteiger partial charge in [-0.05, 0) is 40.8 Å². The van der Waals surface area contributed by atoms with Crippen molar-refractivity contribution in [3.8, 4) is 11.3 Å². The van der Waals surface area contributed by atoms with E-state index in [2.05, 4.69) is 43.7 Å². The Balaban J connectivity index is 2.63. The van der Waals surface area contributed by atoms with E-state index in [0.717, 1.165) is 13.6 Å². The molecule has 2 N–H and O–H groups in total. The third kappa shape index (κ3) is 2.14. The average molecular weight is 399 g/mol. The maximum Gasteiger partial charge on any atom is 0.183 e. The van der Waals surface area contributed by atoms with Crippen LogP contribution in [0.1, 0.15) is 0 Å². The number of rotatable bonds is 1. The number of nitrogen functional groups attached to an aromatic ring is 1. The lowest BCUT2D eigenvalue weighted by Gasteiger charge is -2.01. The van der Waals surface area contributed by atoms with Crippen LogP contribution >= 0.6 is 50.1 Å². The molecule has 0 aliphatic heterocycles. The zero-order valence-electron chi connectivity index (χ0n) is 7.30. The van der Waals surface area contributed by atoms with E-state index in [1.54, 1.807) is 12.1 Å². The zero-order valence-corrected chi connectivity index (χ0v) is 11.8. The van der Waals surface area contributed by atoms with Crippen molar-refractivity contribution in [2.45, 2.75) is 0 Å². The van der Waals surface area contributed by atoms with Gasteiger partial charge in [0, 0.05) is 15.1 Å². The number of aromatic nitrogens is 1. The maximum atomic E-state index is 5.91. The van der Waals surface area contributed by atoms with Crippen LogP contribution in [0.4, 0.5) is 5.82 Å². The fourth-order valence-electron chi connectivity index (χ4n) is 1.13. The Morgan fingerprint density at radius 3 is 2.80 bits per heavy atom.